The highest BCUT2D eigenvalue weighted by atomic mass is 32.2. The van der Waals surface area contributed by atoms with E-state index >= 15 is 0 Å². The molecule has 0 atom stereocenters. The molecule has 0 unspecified atom stereocenters. The third kappa shape index (κ3) is 3.26. The van der Waals surface area contributed by atoms with Crippen molar-refractivity contribution in [1.82, 2.24) is 25.1 Å². The van der Waals surface area contributed by atoms with E-state index in [-0.39, 0.29) is 11.4 Å². The van der Waals surface area contributed by atoms with E-state index in [1.807, 2.05) is 23.7 Å². The van der Waals surface area contributed by atoms with Crippen LogP contribution in [0.2, 0.25) is 0 Å². The molecule has 0 spiro atoms. The lowest BCUT2D eigenvalue weighted by Gasteiger charge is -2.56. The monoisotopic (exact) mass is 383 g/mol. The number of nitrogens with zero attached hydrogens (tertiary/aromatic N) is 4. The Hall–Kier alpha value is -1.89. The van der Waals surface area contributed by atoms with E-state index in [0.717, 1.165) is 34.3 Å². The molecule has 1 N–H and O–H groups in total. The Bertz CT molecular complexity index is 814. The molecular weight excluding hydrogens is 358 g/mol. The van der Waals surface area contributed by atoms with E-state index in [1.165, 1.54) is 50.3 Å². The first-order valence-corrected chi connectivity index (χ1v) is 10.8. The zero-order valence-corrected chi connectivity index (χ0v) is 16.4. The van der Waals surface area contributed by atoms with E-state index in [4.69, 9.17) is 0 Å². The fourth-order valence-electron chi connectivity index (χ4n) is 5.92. The molecule has 0 aliphatic heterocycles. The highest BCUT2D eigenvalue weighted by Crippen LogP contribution is 2.55. The van der Waals surface area contributed by atoms with Crippen LogP contribution in [-0.4, -0.2) is 36.9 Å². The summed E-state index contributed by atoms with van der Waals surface area (Å²) < 4.78 is 1.94. The standard InChI is InChI=1S/C20H25N5OS/c1-25-18(16-2-4-21-5-3-16)23-24-19(25)27-12-17(26)22-20-9-13-6-14(10-20)8-15(7-13)11-20/h2-5,13-15H,6-12H2,1H3,(H,22,26). The van der Waals surface area contributed by atoms with Crippen molar-refractivity contribution in [3.8, 4) is 11.4 Å². The van der Waals surface area contributed by atoms with Crippen molar-refractivity contribution in [2.45, 2.75) is 49.2 Å². The van der Waals surface area contributed by atoms with Crippen molar-refractivity contribution < 1.29 is 4.79 Å². The van der Waals surface area contributed by atoms with E-state index in [2.05, 4.69) is 20.5 Å². The maximum absolute atomic E-state index is 12.7. The molecule has 4 aliphatic rings. The van der Waals surface area contributed by atoms with Gasteiger partial charge in [0.2, 0.25) is 5.91 Å². The molecule has 6 rings (SSSR count). The molecule has 27 heavy (non-hydrogen) atoms. The van der Waals surface area contributed by atoms with E-state index in [0.29, 0.717) is 5.75 Å². The van der Waals surface area contributed by atoms with Gasteiger partial charge in [0.05, 0.1) is 5.75 Å². The lowest BCUT2D eigenvalue weighted by atomic mass is 9.53. The van der Waals surface area contributed by atoms with Crippen LogP contribution < -0.4 is 5.32 Å². The molecule has 0 saturated heterocycles. The zero-order valence-electron chi connectivity index (χ0n) is 15.6. The normalized spacial score (nSPS) is 31.2. The summed E-state index contributed by atoms with van der Waals surface area (Å²) in [7, 11) is 1.94. The molecule has 4 aliphatic carbocycles. The van der Waals surface area contributed by atoms with Crippen LogP contribution in [0.1, 0.15) is 38.5 Å². The summed E-state index contributed by atoms with van der Waals surface area (Å²) in [5.74, 6) is 3.84. The molecule has 4 saturated carbocycles. The minimum Gasteiger partial charge on any atom is -0.350 e. The Morgan fingerprint density at radius 1 is 1.15 bits per heavy atom. The first-order chi connectivity index (χ1) is 13.1. The van der Waals surface area contributed by atoms with Gasteiger partial charge in [-0.05, 0) is 68.4 Å². The van der Waals surface area contributed by atoms with Gasteiger partial charge in [-0.1, -0.05) is 11.8 Å². The number of hydrogen-bond donors (Lipinski definition) is 1. The first kappa shape index (κ1) is 17.2. The number of aromatic nitrogens is 4. The highest BCUT2D eigenvalue weighted by Gasteiger charge is 2.51. The Balaban J connectivity index is 1.22. The van der Waals surface area contributed by atoms with E-state index < -0.39 is 0 Å². The van der Waals surface area contributed by atoms with Crippen LogP contribution in [0.5, 0.6) is 0 Å². The molecule has 2 aromatic heterocycles. The second kappa shape index (κ2) is 6.62. The average Bonchev–Trinajstić information content (AvgIpc) is 3.00. The van der Waals surface area contributed by atoms with Crippen LogP contribution in [-0.2, 0) is 11.8 Å². The van der Waals surface area contributed by atoms with Crippen molar-refractivity contribution in [1.29, 1.82) is 0 Å². The van der Waals surface area contributed by atoms with Crippen molar-refractivity contribution >= 4 is 17.7 Å². The minimum atomic E-state index is 0.0779. The number of carbonyl (C=O) groups excluding carboxylic acids is 1. The summed E-state index contributed by atoms with van der Waals surface area (Å²) in [5.41, 5.74) is 1.05. The van der Waals surface area contributed by atoms with Crippen molar-refractivity contribution in [2.75, 3.05) is 5.75 Å². The smallest absolute Gasteiger partial charge is 0.230 e. The summed E-state index contributed by atoms with van der Waals surface area (Å²) in [6, 6.07) is 3.83. The molecule has 6 nitrogen and oxygen atoms in total. The van der Waals surface area contributed by atoms with Crippen LogP contribution >= 0.6 is 11.8 Å². The van der Waals surface area contributed by atoms with Gasteiger partial charge in [0.1, 0.15) is 0 Å². The fourth-order valence-corrected chi connectivity index (χ4v) is 6.63. The van der Waals surface area contributed by atoms with Crippen molar-refractivity contribution in [3.05, 3.63) is 24.5 Å². The quantitative estimate of drug-likeness (QED) is 0.804. The zero-order chi connectivity index (χ0) is 18.4. The Morgan fingerprint density at radius 2 is 1.78 bits per heavy atom. The van der Waals surface area contributed by atoms with Crippen LogP contribution in [0.3, 0.4) is 0 Å². The molecule has 0 aromatic carbocycles. The van der Waals surface area contributed by atoms with Crippen molar-refractivity contribution in [3.63, 3.8) is 0 Å². The predicted octanol–water partition coefficient (Wildman–Crippen LogP) is 3.05. The average molecular weight is 384 g/mol. The lowest BCUT2D eigenvalue weighted by Crippen LogP contribution is -2.60. The number of carbonyl (C=O) groups is 1. The third-order valence-corrected chi connectivity index (χ3v) is 7.57. The number of hydrogen-bond acceptors (Lipinski definition) is 5. The molecule has 4 bridgehead atoms. The molecule has 7 heteroatoms. The van der Waals surface area contributed by atoms with E-state index in [9.17, 15) is 4.79 Å². The largest absolute Gasteiger partial charge is 0.350 e. The second-order valence-electron chi connectivity index (χ2n) is 8.64. The van der Waals surface area contributed by atoms with Crippen LogP contribution in [0.4, 0.5) is 0 Å². The highest BCUT2D eigenvalue weighted by molar-refractivity contribution is 7.99. The Morgan fingerprint density at radius 3 is 2.41 bits per heavy atom. The summed E-state index contributed by atoms with van der Waals surface area (Å²) in [6.45, 7) is 0. The van der Waals surface area contributed by atoms with Gasteiger partial charge < -0.3 is 9.88 Å². The number of nitrogens with one attached hydrogen (secondary N) is 1. The van der Waals surface area contributed by atoms with E-state index in [1.54, 1.807) is 12.4 Å². The van der Waals surface area contributed by atoms with Crippen LogP contribution in [0.15, 0.2) is 29.7 Å². The molecule has 0 radical (unpaired) electrons. The van der Waals surface area contributed by atoms with Gasteiger partial charge in [-0.15, -0.1) is 10.2 Å². The molecule has 4 fully saturated rings. The SMILES string of the molecule is Cn1c(SCC(=O)NC23CC4CC(CC(C4)C2)C3)nnc1-c1ccncc1. The van der Waals surface area contributed by atoms with Gasteiger partial charge in [0, 0.05) is 30.5 Å². The maximum atomic E-state index is 12.7. The number of rotatable bonds is 5. The van der Waals surface area contributed by atoms with Gasteiger partial charge >= 0.3 is 0 Å². The number of amides is 1. The van der Waals surface area contributed by atoms with Crippen molar-refractivity contribution in [2.24, 2.45) is 24.8 Å². The predicted molar refractivity (Wildman–Crippen MR) is 104 cm³/mol. The summed E-state index contributed by atoms with van der Waals surface area (Å²) in [6.07, 6.45) is 11.2. The van der Waals surface area contributed by atoms with Gasteiger partial charge in [-0.3, -0.25) is 9.78 Å². The topological polar surface area (TPSA) is 72.7 Å². The Labute approximate surface area is 163 Å². The molecule has 1 amide bonds. The summed E-state index contributed by atoms with van der Waals surface area (Å²) in [4.78, 5) is 16.7. The third-order valence-electron chi connectivity index (χ3n) is 6.55. The summed E-state index contributed by atoms with van der Waals surface area (Å²) >= 11 is 1.46. The number of pyridine rings is 1. The van der Waals surface area contributed by atoms with Crippen LogP contribution in [0.25, 0.3) is 11.4 Å². The lowest BCUT2D eigenvalue weighted by molar-refractivity contribution is -0.124. The van der Waals surface area contributed by atoms with Gasteiger partial charge in [0.25, 0.3) is 0 Å². The molecular formula is C20H25N5OS. The minimum absolute atomic E-state index is 0.0779. The maximum Gasteiger partial charge on any atom is 0.230 e. The van der Waals surface area contributed by atoms with Gasteiger partial charge in [0.15, 0.2) is 11.0 Å². The fraction of sp³-hybridized carbons (Fsp3) is 0.600. The summed E-state index contributed by atoms with van der Waals surface area (Å²) in [5, 5.41) is 12.7. The van der Waals surface area contributed by atoms with Gasteiger partial charge in [-0.2, -0.15) is 0 Å². The molecule has 142 valence electrons. The Kier molecular flexibility index (Phi) is 4.22. The number of thioether (sulfide) groups is 1. The first-order valence-electron chi connectivity index (χ1n) is 9.84. The molecule has 2 aromatic rings. The van der Waals surface area contributed by atoms with Crippen LogP contribution in [0, 0.1) is 17.8 Å². The van der Waals surface area contributed by atoms with Gasteiger partial charge in [-0.25, -0.2) is 0 Å². The second-order valence-corrected chi connectivity index (χ2v) is 9.58. The molecule has 2 heterocycles.